The quantitative estimate of drug-likeness (QED) is 0.599. The van der Waals surface area contributed by atoms with Crippen molar-refractivity contribution in [3.8, 4) is 0 Å². The number of hydrogen-bond acceptors (Lipinski definition) is 0. The number of hydrogen-bond donors (Lipinski definition) is 0. The molecule has 0 amide bonds. The van der Waals surface area contributed by atoms with E-state index in [1.54, 1.807) is 0 Å². The molecule has 2 rings (SSSR count). The van der Waals surface area contributed by atoms with Gasteiger partial charge in [-0.1, -0.05) is 24.1 Å². The van der Waals surface area contributed by atoms with Crippen LogP contribution in [0.25, 0.3) is 0 Å². The Morgan fingerprint density at radius 3 is 2.64 bits per heavy atom. The van der Waals surface area contributed by atoms with E-state index in [2.05, 4.69) is 12.1 Å². The van der Waals surface area contributed by atoms with Crippen molar-refractivity contribution in [2.75, 3.05) is 0 Å². The molecule has 0 unspecified atom stereocenters. The fourth-order valence-electron chi connectivity index (χ4n) is 1.39. The molecule has 0 aromatic heterocycles. The maximum absolute atomic E-state index is 5.75. The van der Waals surface area contributed by atoms with Crippen LogP contribution < -0.4 is 0 Å². The van der Waals surface area contributed by atoms with Gasteiger partial charge in [-0.3, -0.25) is 0 Å². The molecule has 0 spiro atoms. The molecule has 11 heavy (non-hydrogen) atoms. The van der Waals surface area contributed by atoms with Gasteiger partial charge in [0.25, 0.3) is 0 Å². The van der Waals surface area contributed by atoms with E-state index in [0.717, 1.165) is 10.9 Å². The Balaban J connectivity index is 2.18. The third-order valence-electron chi connectivity index (χ3n) is 2.34. The highest BCUT2D eigenvalue weighted by atomic mass is 35.5. The van der Waals surface area contributed by atoms with Gasteiger partial charge < -0.3 is 0 Å². The summed E-state index contributed by atoms with van der Waals surface area (Å²) >= 11 is 5.75. The first-order valence-electron chi connectivity index (χ1n) is 4.03. The molecule has 1 fully saturated rings. The Kier molecular flexibility index (Phi) is 1.87. The van der Waals surface area contributed by atoms with Crippen molar-refractivity contribution in [2.45, 2.75) is 25.2 Å². The minimum Gasteiger partial charge on any atom is -0.0843 e. The van der Waals surface area contributed by atoms with Crippen molar-refractivity contribution in [3.05, 3.63) is 34.9 Å². The first-order chi connectivity index (χ1) is 5.36. The van der Waals surface area contributed by atoms with Gasteiger partial charge in [0, 0.05) is 5.02 Å². The highest BCUT2D eigenvalue weighted by molar-refractivity contribution is 6.30. The molecule has 0 N–H and O–H groups in total. The second-order valence-corrected chi connectivity index (χ2v) is 3.53. The summed E-state index contributed by atoms with van der Waals surface area (Å²) in [5.74, 6) is 0.771. The second-order valence-electron chi connectivity index (χ2n) is 3.09. The fraction of sp³-hybridized carbons (Fsp3) is 0.400. The smallest absolute Gasteiger partial charge is 0.0412 e. The maximum Gasteiger partial charge on any atom is 0.0412 e. The Morgan fingerprint density at radius 1 is 1.36 bits per heavy atom. The lowest BCUT2D eigenvalue weighted by molar-refractivity contribution is 0.419. The monoisotopic (exact) mass is 165 g/mol. The molecule has 57 valence electrons. The molecule has 0 bridgehead atoms. The zero-order valence-corrected chi connectivity index (χ0v) is 7.06. The molecule has 1 aromatic rings. The molecule has 1 aromatic carbocycles. The lowest BCUT2D eigenvalue weighted by Gasteiger charge is -2.25. The largest absolute Gasteiger partial charge is 0.0843 e. The molecule has 1 saturated carbocycles. The Morgan fingerprint density at radius 2 is 2.18 bits per heavy atom. The van der Waals surface area contributed by atoms with Crippen molar-refractivity contribution in [2.24, 2.45) is 0 Å². The van der Waals surface area contributed by atoms with Crippen LogP contribution in [-0.4, -0.2) is 0 Å². The van der Waals surface area contributed by atoms with Crippen LogP contribution in [0.3, 0.4) is 0 Å². The zero-order chi connectivity index (χ0) is 7.68. The summed E-state index contributed by atoms with van der Waals surface area (Å²) in [6.45, 7) is 0. The predicted molar refractivity (Wildman–Crippen MR) is 46.9 cm³/mol. The number of halogens is 1. The van der Waals surface area contributed by atoms with Crippen LogP contribution in [0.1, 0.15) is 30.7 Å². The van der Waals surface area contributed by atoms with Gasteiger partial charge in [0.1, 0.15) is 0 Å². The van der Waals surface area contributed by atoms with Gasteiger partial charge in [0.2, 0.25) is 0 Å². The summed E-state index contributed by atoms with van der Waals surface area (Å²) in [7, 11) is 0. The van der Waals surface area contributed by atoms with Crippen LogP contribution in [0.4, 0.5) is 0 Å². The molecular weight excluding hydrogens is 156 g/mol. The van der Waals surface area contributed by atoms with Crippen LogP contribution in [0, 0.1) is 6.07 Å². The van der Waals surface area contributed by atoms with E-state index in [-0.39, 0.29) is 0 Å². The highest BCUT2D eigenvalue weighted by Gasteiger charge is 2.18. The number of benzene rings is 1. The van der Waals surface area contributed by atoms with Gasteiger partial charge >= 0.3 is 0 Å². The SMILES string of the molecule is Clc1c[c]c(C2CCC2)cc1. The van der Waals surface area contributed by atoms with Gasteiger partial charge in [-0.2, -0.15) is 0 Å². The number of rotatable bonds is 1. The normalized spacial score (nSPS) is 17.9. The molecule has 0 atom stereocenters. The van der Waals surface area contributed by atoms with Crippen LogP contribution in [0.2, 0.25) is 5.02 Å². The summed E-state index contributed by atoms with van der Waals surface area (Å²) in [6, 6.07) is 9.10. The van der Waals surface area contributed by atoms with Gasteiger partial charge in [0.15, 0.2) is 0 Å². The molecule has 0 aliphatic heterocycles. The standard InChI is InChI=1S/C10H10Cl/c11-10-6-4-9(5-7-10)8-2-1-3-8/h4,6-8H,1-3H2. The summed E-state index contributed by atoms with van der Waals surface area (Å²) in [5.41, 5.74) is 1.33. The van der Waals surface area contributed by atoms with E-state index in [0.29, 0.717) is 0 Å². The van der Waals surface area contributed by atoms with Crippen LogP contribution >= 0.6 is 11.6 Å². The van der Waals surface area contributed by atoms with E-state index < -0.39 is 0 Å². The molecule has 0 nitrogen and oxygen atoms in total. The van der Waals surface area contributed by atoms with Gasteiger partial charge in [0.05, 0.1) is 0 Å². The van der Waals surface area contributed by atoms with E-state index in [4.69, 9.17) is 11.6 Å². The minimum atomic E-state index is 0.771. The third kappa shape index (κ3) is 1.41. The van der Waals surface area contributed by atoms with Crippen LogP contribution in [-0.2, 0) is 0 Å². The van der Waals surface area contributed by atoms with Gasteiger partial charge in [-0.25, -0.2) is 0 Å². The van der Waals surface area contributed by atoms with Gasteiger partial charge in [-0.15, -0.1) is 0 Å². The molecule has 1 heteroatoms. The molecular formula is C10H10Cl. The predicted octanol–water partition coefficient (Wildman–Crippen LogP) is 3.41. The maximum atomic E-state index is 5.75. The fourth-order valence-corrected chi connectivity index (χ4v) is 1.51. The van der Waals surface area contributed by atoms with Crippen molar-refractivity contribution < 1.29 is 0 Å². The minimum absolute atomic E-state index is 0.771. The van der Waals surface area contributed by atoms with Crippen molar-refractivity contribution in [1.82, 2.24) is 0 Å². The molecule has 1 radical (unpaired) electrons. The summed E-state index contributed by atoms with van der Waals surface area (Å²) in [6.07, 6.45) is 4.04. The lowest BCUT2D eigenvalue weighted by Crippen LogP contribution is -2.08. The molecule has 0 heterocycles. The zero-order valence-electron chi connectivity index (χ0n) is 6.31. The first-order valence-corrected chi connectivity index (χ1v) is 4.41. The second kappa shape index (κ2) is 2.86. The topological polar surface area (TPSA) is 0 Å². The van der Waals surface area contributed by atoms with E-state index in [9.17, 15) is 0 Å². The van der Waals surface area contributed by atoms with Crippen LogP contribution in [0.5, 0.6) is 0 Å². The van der Waals surface area contributed by atoms with Crippen molar-refractivity contribution in [1.29, 1.82) is 0 Å². The van der Waals surface area contributed by atoms with Crippen molar-refractivity contribution >= 4 is 11.6 Å². The highest BCUT2D eigenvalue weighted by Crippen LogP contribution is 2.36. The Bertz CT molecular complexity index is 234. The lowest BCUT2D eigenvalue weighted by atomic mass is 9.80. The average molecular weight is 166 g/mol. The Labute approximate surface area is 72.2 Å². The summed E-state index contributed by atoms with van der Waals surface area (Å²) < 4.78 is 0. The summed E-state index contributed by atoms with van der Waals surface area (Å²) in [5, 5.41) is 0.785. The first kappa shape index (κ1) is 7.17. The van der Waals surface area contributed by atoms with E-state index in [1.165, 1.54) is 24.8 Å². The third-order valence-corrected chi connectivity index (χ3v) is 2.58. The van der Waals surface area contributed by atoms with E-state index >= 15 is 0 Å². The van der Waals surface area contributed by atoms with Gasteiger partial charge in [-0.05, 0) is 42.5 Å². The van der Waals surface area contributed by atoms with Crippen LogP contribution in [0.15, 0.2) is 18.2 Å². The average Bonchev–Trinajstić information content (AvgIpc) is 1.90. The van der Waals surface area contributed by atoms with E-state index in [1.807, 2.05) is 12.1 Å². The van der Waals surface area contributed by atoms with Crippen molar-refractivity contribution in [3.63, 3.8) is 0 Å². The molecule has 1 aliphatic carbocycles. The molecule has 1 aliphatic rings. The Hall–Kier alpha value is -0.490. The summed E-state index contributed by atoms with van der Waals surface area (Å²) in [4.78, 5) is 0. The molecule has 0 saturated heterocycles.